The quantitative estimate of drug-likeness (QED) is 0.352. The maximum atomic E-state index is 11.6. The van der Waals surface area contributed by atoms with Crippen LogP contribution in [0.15, 0.2) is 30.5 Å². The van der Waals surface area contributed by atoms with Gasteiger partial charge in [0.25, 0.3) is 5.69 Å². The lowest BCUT2D eigenvalue weighted by Gasteiger charge is -2.10. The van der Waals surface area contributed by atoms with Crippen molar-refractivity contribution >= 4 is 17.2 Å². The van der Waals surface area contributed by atoms with Crippen molar-refractivity contribution in [2.24, 2.45) is 0 Å². The summed E-state index contributed by atoms with van der Waals surface area (Å²) in [7, 11) is 4.83. The number of nitro groups is 1. The van der Waals surface area contributed by atoms with Crippen LogP contribution in [-0.2, 0) is 9.53 Å². The third-order valence-electron chi connectivity index (χ3n) is 2.18. The van der Waals surface area contributed by atoms with Gasteiger partial charge in [-0.1, -0.05) is 0 Å². The maximum Gasteiger partial charge on any atom is 0.339 e. The summed E-state index contributed by atoms with van der Waals surface area (Å²) in [6, 6.07) is 5.73. The number of rotatable bonds is 4. The van der Waals surface area contributed by atoms with Crippen LogP contribution in [0.4, 0.5) is 5.69 Å². The van der Waals surface area contributed by atoms with E-state index in [0.717, 1.165) is 0 Å². The van der Waals surface area contributed by atoms with Crippen molar-refractivity contribution < 1.29 is 14.5 Å². The summed E-state index contributed by atoms with van der Waals surface area (Å²) in [6.07, 6.45) is 1.60. The van der Waals surface area contributed by atoms with Gasteiger partial charge in [-0.15, -0.1) is 0 Å². The minimum absolute atomic E-state index is 0.0205. The number of carbonyl (C=O) groups is 1. The Morgan fingerprint density at radius 2 is 1.89 bits per heavy atom. The van der Waals surface area contributed by atoms with Crippen LogP contribution >= 0.6 is 0 Å². The molecular weight excluding hydrogens is 236 g/mol. The van der Waals surface area contributed by atoms with Gasteiger partial charge >= 0.3 is 5.97 Å². The van der Waals surface area contributed by atoms with Gasteiger partial charge in [0.15, 0.2) is 0 Å². The van der Waals surface area contributed by atoms with Crippen LogP contribution in [0, 0.1) is 10.1 Å². The fourth-order valence-electron chi connectivity index (χ4n) is 1.38. The SMILES string of the molecule is COC(=O)/C(=C\N(C)C)c1ccc([N+](=O)[O-])cc1. The fraction of sp³-hybridized carbons (Fsp3) is 0.250. The van der Waals surface area contributed by atoms with E-state index in [2.05, 4.69) is 4.74 Å². The fourth-order valence-corrected chi connectivity index (χ4v) is 1.38. The molecule has 0 amide bonds. The molecule has 1 aromatic rings. The number of benzene rings is 1. The van der Waals surface area contributed by atoms with E-state index in [1.165, 1.54) is 31.4 Å². The van der Waals surface area contributed by atoms with Gasteiger partial charge in [-0.25, -0.2) is 4.79 Å². The summed E-state index contributed by atoms with van der Waals surface area (Å²) in [4.78, 5) is 23.4. The highest BCUT2D eigenvalue weighted by Crippen LogP contribution is 2.20. The van der Waals surface area contributed by atoms with Gasteiger partial charge < -0.3 is 9.64 Å². The molecule has 0 aromatic heterocycles. The first-order valence-corrected chi connectivity index (χ1v) is 5.17. The molecule has 0 saturated carbocycles. The zero-order valence-electron chi connectivity index (χ0n) is 10.4. The van der Waals surface area contributed by atoms with E-state index in [1.807, 2.05) is 0 Å². The minimum atomic E-state index is -0.489. The van der Waals surface area contributed by atoms with E-state index in [-0.39, 0.29) is 5.69 Å². The van der Waals surface area contributed by atoms with Gasteiger partial charge in [-0.3, -0.25) is 10.1 Å². The number of methoxy groups -OCH3 is 1. The van der Waals surface area contributed by atoms with E-state index in [1.54, 1.807) is 25.2 Å². The average molecular weight is 250 g/mol. The van der Waals surface area contributed by atoms with Crippen molar-refractivity contribution in [1.29, 1.82) is 0 Å². The summed E-state index contributed by atoms with van der Waals surface area (Å²) in [5.41, 5.74) is 0.895. The highest BCUT2D eigenvalue weighted by Gasteiger charge is 2.14. The molecule has 0 bridgehead atoms. The van der Waals surface area contributed by atoms with Gasteiger partial charge in [0.1, 0.15) is 0 Å². The molecule has 96 valence electrons. The van der Waals surface area contributed by atoms with Crippen molar-refractivity contribution in [3.63, 3.8) is 0 Å². The summed E-state index contributed by atoms with van der Waals surface area (Å²) >= 11 is 0. The third-order valence-corrected chi connectivity index (χ3v) is 2.18. The van der Waals surface area contributed by atoms with Gasteiger partial charge in [0.05, 0.1) is 17.6 Å². The van der Waals surface area contributed by atoms with Crippen molar-refractivity contribution in [3.05, 3.63) is 46.1 Å². The molecular formula is C12H14N2O4. The molecule has 0 radical (unpaired) electrons. The molecule has 6 nitrogen and oxygen atoms in total. The summed E-state index contributed by atoms with van der Waals surface area (Å²) in [5, 5.41) is 10.5. The van der Waals surface area contributed by atoms with Crippen LogP contribution in [0.1, 0.15) is 5.56 Å². The Bertz CT molecular complexity index is 477. The summed E-state index contributed by atoms with van der Waals surface area (Å²) in [6.45, 7) is 0. The van der Waals surface area contributed by atoms with E-state index < -0.39 is 10.9 Å². The molecule has 0 aliphatic heterocycles. The van der Waals surface area contributed by atoms with E-state index >= 15 is 0 Å². The molecule has 1 aromatic carbocycles. The predicted octanol–water partition coefficient (Wildman–Crippen LogP) is 1.67. The van der Waals surface area contributed by atoms with Crippen molar-refractivity contribution in [1.82, 2.24) is 4.90 Å². The zero-order valence-corrected chi connectivity index (χ0v) is 10.4. The Kier molecular flexibility index (Phi) is 4.42. The van der Waals surface area contributed by atoms with Crippen LogP contribution in [0.25, 0.3) is 5.57 Å². The monoisotopic (exact) mass is 250 g/mol. The number of nitro benzene ring substituents is 1. The Hall–Kier alpha value is -2.37. The van der Waals surface area contributed by atoms with Crippen molar-refractivity contribution in [3.8, 4) is 0 Å². The molecule has 6 heteroatoms. The number of ether oxygens (including phenoxy) is 1. The van der Waals surface area contributed by atoms with E-state index in [4.69, 9.17) is 0 Å². The number of esters is 1. The van der Waals surface area contributed by atoms with Crippen molar-refractivity contribution in [2.45, 2.75) is 0 Å². The first-order chi connectivity index (χ1) is 8.45. The zero-order chi connectivity index (χ0) is 13.7. The van der Waals surface area contributed by atoms with Crippen LogP contribution in [-0.4, -0.2) is 37.0 Å². The molecule has 0 saturated heterocycles. The molecule has 0 fully saturated rings. The predicted molar refractivity (Wildman–Crippen MR) is 66.8 cm³/mol. The van der Waals surface area contributed by atoms with Crippen molar-refractivity contribution in [2.75, 3.05) is 21.2 Å². The number of non-ortho nitro benzene ring substituents is 1. The molecule has 0 aliphatic rings. The Morgan fingerprint density at radius 1 is 1.33 bits per heavy atom. The normalized spacial score (nSPS) is 10.9. The lowest BCUT2D eigenvalue weighted by molar-refractivity contribution is -0.384. The van der Waals surface area contributed by atoms with Gasteiger partial charge in [0, 0.05) is 32.4 Å². The molecule has 0 unspecified atom stereocenters. The maximum absolute atomic E-state index is 11.6. The Labute approximate surface area is 105 Å². The van der Waals surface area contributed by atoms with Gasteiger partial charge in [-0.2, -0.15) is 0 Å². The highest BCUT2D eigenvalue weighted by molar-refractivity contribution is 6.16. The topological polar surface area (TPSA) is 72.7 Å². The van der Waals surface area contributed by atoms with Crippen LogP contribution < -0.4 is 0 Å². The van der Waals surface area contributed by atoms with E-state index in [0.29, 0.717) is 11.1 Å². The second-order valence-corrected chi connectivity index (χ2v) is 3.80. The lowest BCUT2D eigenvalue weighted by Crippen LogP contribution is -2.10. The number of carbonyl (C=O) groups excluding carboxylic acids is 1. The van der Waals surface area contributed by atoms with Gasteiger partial charge in [-0.05, 0) is 17.7 Å². The largest absolute Gasteiger partial charge is 0.465 e. The summed E-state index contributed by atoms with van der Waals surface area (Å²) in [5.74, 6) is -0.488. The highest BCUT2D eigenvalue weighted by atomic mass is 16.6. The van der Waals surface area contributed by atoms with Gasteiger partial charge in [0.2, 0.25) is 0 Å². The van der Waals surface area contributed by atoms with Crippen LogP contribution in [0.5, 0.6) is 0 Å². The second-order valence-electron chi connectivity index (χ2n) is 3.80. The second kappa shape index (κ2) is 5.81. The Morgan fingerprint density at radius 3 is 2.28 bits per heavy atom. The molecule has 0 aliphatic carbocycles. The van der Waals surface area contributed by atoms with Crippen LogP contribution in [0.2, 0.25) is 0 Å². The molecule has 1 rings (SSSR count). The van der Waals surface area contributed by atoms with E-state index in [9.17, 15) is 14.9 Å². The average Bonchev–Trinajstić information content (AvgIpc) is 2.35. The molecule has 0 spiro atoms. The Balaban J connectivity index is 3.14. The minimum Gasteiger partial charge on any atom is -0.465 e. The first-order valence-electron chi connectivity index (χ1n) is 5.17. The first kappa shape index (κ1) is 13.7. The number of hydrogen-bond donors (Lipinski definition) is 0. The number of hydrogen-bond acceptors (Lipinski definition) is 5. The summed E-state index contributed by atoms with van der Waals surface area (Å²) < 4.78 is 4.68. The molecule has 0 atom stereocenters. The molecule has 18 heavy (non-hydrogen) atoms. The molecule has 0 heterocycles. The standard InChI is InChI=1S/C12H14N2O4/c1-13(2)8-11(12(15)18-3)9-4-6-10(7-5-9)14(16)17/h4-8H,1-3H3/b11-8-. The smallest absolute Gasteiger partial charge is 0.339 e. The third kappa shape index (κ3) is 3.31. The number of nitrogens with zero attached hydrogens (tertiary/aromatic N) is 2. The molecule has 0 N–H and O–H groups in total. The lowest BCUT2D eigenvalue weighted by atomic mass is 10.1. The van der Waals surface area contributed by atoms with Crippen LogP contribution in [0.3, 0.4) is 0 Å².